The Morgan fingerprint density at radius 2 is 1.68 bits per heavy atom. The first-order valence-electron chi connectivity index (χ1n) is 6.29. The minimum atomic E-state index is -0.597. The molecule has 0 aliphatic heterocycles. The van der Waals surface area contributed by atoms with Gasteiger partial charge >= 0.3 is 0 Å². The van der Waals surface area contributed by atoms with Gasteiger partial charge in [-0.15, -0.1) is 0 Å². The number of hydrogen-bond acceptors (Lipinski definition) is 2. The lowest BCUT2D eigenvalue weighted by Gasteiger charge is -2.28. The molecule has 1 aromatic carbocycles. The van der Waals surface area contributed by atoms with Crippen LogP contribution in [0, 0.1) is 5.41 Å². The smallest absolute Gasteiger partial charge is 0.255 e. The molecular formula is C16H21NO2. The first-order chi connectivity index (χ1) is 8.73. The van der Waals surface area contributed by atoms with Gasteiger partial charge in [0.05, 0.1) is 6.54 Å². The molecule has 1 aromatic rings. The molecular weight excluding hydrogens is 238 g/mol. The van der Waals surface area contributed by atoms with Crippen molar-refractivity contribution in [2.24, 2.45) is 5.41 Å². The van der Waals surface area contributed by atoms with Gasteiger partial charge in [0.15, 0.2) is 0 Å². The SMILES string of the molecule is C=C(C)C(=O)N(Cc1ccccc1)C(=O)C(C)(C)C. The summed E-state index contributed by atoms with van der Waals surface area (Å²) in [5.41, 5.74) is 0.697. The zero-order valence-electron chi connectivity index (χ0n) is 12.1. The third kappa shape index (κ3) is 4.05. The summed E-state index contributed by atoms with van der Waals surface area (Å²) in [4.78, 5) is 25.8. The van der Waals surface area contributed by atoms with Crippen molar-refractivity contribution < 1.29 is 9.59 Å². The van der Waals surface area contributed by atoms with Crippen molar-refractivity contribution in [3.63, 3.8) is 0 Å². The van der Waals surface area contributed by atoms with Crippen molar-refractivity contribution in [3.8, 4) is 0 Å². The number of benzene rings is 1. The molecule has 0 saturated carbocycles. The Balaban J connectivity index is 3.04. The largest absolute Gasteiger partial charge is 0.274 e. The van der Waals surface area contributed by atoms with Crippen LogP contribution in [0.2, 0.25) is 0 Å². The van der Waals surface area contributed by atoms with Crippen molar-refractivity contribution in [2.75, 3.05) is 0 Å². The van der Waals surface area contributed by atoms with Gasteiger partial charge in [0.1, 0.15) is 0 Å². The minimum Gasteiger partial charge on any atom is -0.274 e. The number of nitrogens with zero attached hydrogens (tertiary/aromatic N) is 1. The maximum Gasteiger partial charge on any atom is 0.255 e. The number of hydrogen-bond donors (Lipinski definition) is 0. The predicted octanol–water partition coefficient (Wildman–Crippen LogP) is 3.16. The summed E-state index contributed by atoms with van der Waals surface area (Å²) in [7, 11) is 0. The third-order valence-corrected chi connectivity index (χ3v) is 2.68. The van der Waals surface area contributed by atoms with Crippen LogP contribution in [-0.4, -0.2) is 16.7 Å². The summed E-state index contributed by atoms with van der Waals surface area (Å²) in [5.74, 6) is -0.506. The van der Waals surface area contributed by atoms with E-state index >= 15 is 0 Å². The summed E-state index contributed by atoms with van der Waals surface area (Å²) in [6, 6.07) is 9.48. The normalized spacial score (nSPS) is 10.9. The highest BCUT2D eigenvalue weighted by molar-refractivity contribution is 6.04. The molecule has 3 nitrogen and oxygen atoms in total. The maximum atomic E-state index is 12.4. The standard InChI is InChI=1S/C16H21NO2/c1-12(2)14(18)17(15(19)16(3,4)5)11-13-9-7-6-8-10-13/h6-10H,1,11H2,2-5H3. The third-order valence-electron chi connectivity index (χ3n) is 2.68. The summed E-state index contributed by atoms with van der Waals surface area (Å²) in [6.45, 7) is 11.0. The van der Waals surface area contributed by atoms with E-state index in [1.807, 2.05) is 30.3 Å². The number of imide groups is 1. The average Bonchev–Trinajstić information content (AvgIpc) is 2.34. The Morgan fingerprint density at radius 1 is 1.16 bits per heavy atom. The fourth-order valence-corrected chi connectivity index (χ4v) is 1.64. The minimum absolute atomic E-state index is 0.190. The van der Waals surface area contributed by atoms with E-state index in [0.29, 0.717) is 5.57 Å². The Kier molecular flexibility index (Phi) is 4.65. The summed E-state index contributed by atoms with van der Waals surface area (Å²) < 4.78 is 0. The van der Waals surface area contributed by atoms with Crippen LogP contribution in [-0.2, 0) is 16.1 Å². The number of carbonyl (C=O) groups excluding carboxylic acids is 2. The van der Waals surface area contributed by atoms with E-state index in [4.69, 9.17) is 0 Å². The van der Waals surface area contributed by atoms with E-state index in [0.717, 1.165) is 5.56 Å². The molecule has 19 heavy (non-hydrogen) atoms. The van der Waals surface area contributed by atoms with Crippen molar-refractivity contribution in [1.29, 1.82) is 0 Å². The number of amides is 2. The van der Waals surface area contributed by atoms with Gasteiger partial charge in [0.25, 0.3) is 5.91 Å². The Morgan fingerprint density at radius 3 is 2.11 bits per heavy atom. The van der Waals surface area contributed by atoms with Crippen LogP contribution >= 0.6 is 0 Å². The molecule has 1 rings (SSSR count). The summed E-state index contributed by atoms with van der Waals surface area (Å²) >= 11 is 0. The van der Waals surface area contributed by atoms with Crippen LogP contribution in [0.25, 0.3) is 0 Å². The molecule has 0 unspecified atom stereocenters. The van der Waals surface area contributed by atoms with Crippen LogP contribution in [0.15, 0.2) is 42.5 Å². The molecule has 0 atom stereocenters. The lowest BCUT2D eigenvalue weighted by molar-refractivity contribution is -0.149. The molecule has 0 fully saturated rings. The summed E-state index contributed by atoms with van der Waals surface area (Å²) in [5, 5.41) is 0. The van der Waals surface area contributed by atoms with Gasteiger partial charge in [-0.25, -0.2) is 0 Å². The first-order valence-corrected chi connectivity index (χ1v) is 6.29. The van der Waals surface area contributed by atoms with E-state index in [-0.39, 0.29) is 18.4 Å². The van der Waals surface area contributed by atoms with E-state index in [2.05, 4.69) is 6.58 Å². The fourth-order valence-electron chi connectivity index (χ4n) is 1.64. The van der Waals surface area contributed by atoms with Gasteiger partial charge in [-0.1, -0.05) is 57.7 Å². The van der Waals surface area contributed by atoms with Gasteiger partial charge in [-0.2, -0.15) is 0 Å². The van der Waals surface area contributed by atoms with E-state index < -0.39 is 5.41 Å². The quantitative estimate of drug-likeness (QED) is 0.782. The molecule has 0 aliphatic rings. The lowest BCUT2D eigenvalue weighted by Crippen LogP contribution is -2.43. The molecule has 3 heteroatoms. The summed E-state index contributed by atoms with van der Waals surface area (Å²) in [6.07, 6.45) is 0. The van der Waals surface area contributed by atoms with Gasteiger partial charge in [0.2, 0.25) is 5.91 Å². The van der Waals surface area contributed by atoms with Gasteiger partial charge in [-0.3, -0.25) is 14.5 Å². The topological polar surface area (TPSA) is 37.4 Å². The molecule has 102 valence electrons. The molecule has 2 amide bonds. The average molecular weight is 259 g/mol. The van der Waals surface area contributed by atoms with Gasteiger partial charge in [0, 0.05) is 11.0 Å². The van der Waals surface area contributed by atoms with Gasteiger partial charge < -0.3 is 0 Å². The van der Waals surface area contributed by atoms with Crippen molar-refractivity contribution in [1.82, 2.24) is 4.90 Å². The second kappa shape index (κ2) is 5.83. The van der Waals surface area contributed by atoms with Crippen molar-refractivity contribution in [2.45, 2.75) is 34.2 Å². The lowest BCUT2D eigenvalue weighted by atomic mass is 9.94. The monoisotopic (exact) mass is 259 g/mol. The zero-order chi connectivity index (χ0) is 14.6. The Hall–Kier alpha value is -1.90. The molecule has 0 N–H and O–H groups in total. The molecule has 0 spiro atoms. The predicted molar refractivity (Wildman–Crippen MR) is 76.3 cm³/mol. The van der Waals surface area contributed by atoms with Crippen molar-refractivity contribution >= 4 is 11.8 Å². The van der Waals surface area contributed by atoms with Crippen LogP contribution in [0.5, 0.6) is 0 Å². The molecule has 0 bridgehead atoms. The zero-order valence-corrected chi connectivity index (χ0v) is 12.1. The van der Waals surface area contributed by atoms with E-state index in [1.165, 1.54) is 4.90 Å². The second-order valence-electron chi connectivity index (χ2n) is 5.71. The Bertz CT molecular complexity index is 483. The molecule has 0 aromatic heterocycles. The van der Waals surface area contributed by atoms with Crippen LogP contribution in [0.4, 0.5) is 0 Å². The van der Waals surface area contributed by atoms with E-state index in [1.54, 1.807) is 27.7 Å². The molecule has 0 saturated heterocycles. The fraction of sp³-hybridized carbons (Fsp3) is 0.375. The highest BCUT2D eigenvalue weighted by atomic mass is 16.2. The number of rotatable bonds is 3. The maximum absolute atomic E-state index is 12.4. The highest BCUT2D eigenvalue weighted by Gasteiger charge is 2.31. The van der Waals surface area contributed by atoms with E-state index in [9.17, 15) is 9.59 Å². The van der Waals surface area contributed by atoms with Crippen LogP contribution in [0.3, 0.4) is 0 Å². The Labute approximate surface area is 114 Å². The first kappa shape index (κ1) is 15.2. The highest BCUT2D eigenvalue weighted by Crippen LogP contribution is 2.20. The molecule has 0 aliphatic carbocycles. The molecule has 0 radical (unpaired) electrons. The molecule has 0 heterocycles. The number of carbonyl (C=O) groups is 2. The van der Waals surface area contributed by atoms with Gasteiger partial charge in [-0.05, 0) is 12.5 Å². The van der Waals surface area contributed by atoms with Crippen LogP contribution in [0.1, 0.15) is 33.3 Å². The second-order valence-corrected chi connectivity index (χ2v) is 5.71. The van der Waals surface area contributed by atoms with Crippen LogP contribution < -0.4 is 0 Å². The van der Waals surface area contributed by atoms with Crippen molar-refractivity contribution in [3.05, 3.63) is 48.0 Å².